The maximum atomic E-state index is 4.14. The molecule has 0 aliphatic rings. The van der Waals surface area contributed by atoms with Gasteiger partial charge in [-0.05, 0) is 0 Å². The Hall–Kier alpha value is -2.44. The molecule has 0 spiro atoms. The molecule has 0 aromatic carbocycles. The third-order valence-electron chi connectivity index (χ3n) is 1.85. The van der Waals surface area contributed by atoms with Gasteiger partial charge in [0.25, 0.3) is 0 Å². The molecule has 0 bridgehead atoms. The zero-order chi connectivity index (χ0) is 10.1. The second kappa shape index (κ2) is 3.05. The van der Waals surface area contributed by atoms with E-state index in [1.807, 2.05) is 0 Å². The molecular formula is C8H4N7. The van der Waals surface area contributed by atoms with E-state index in [4.69, 9.17) is 0 Å². The van der Waals surface area contributed by atoms with Crippen molar-refractivity contribution in [2.24, 2.45) is 0 Å². The van der Waals surface area contributed by atoms with Gasteiger partial charge in [-0.3, -0.25) is 0 Å². The molecule has 3 rings (SSSR count). The van der Waals surface area contributed by atoms with Crippen LogP contribution in [0.4, 0.5) is 0 Å². The maximum Gasteiger partial charge on any atom is 0.201 e. The monoisotopic (exact) mass is 198 g/mol. The molecule has 7 nitrogen and oxygen atoms in total. The first kappa shape index (κ1) is 7.92. The van der Waals surface area contributed by atoms with Crippen LogP contribution in [0.3, 0.4) is 0 Å². The van der Waals surface area contributed by atoms with Crippen molar-refractivity contribution in [3.63, 3.8) is 0 Å². The summed E-state index contributed by atoms with van der Waals surface area (Å²) in [5.74, 6) is 0.935. The minimum absolute atomic E-state index is 0.418. The van der Waals surface area contributed by atoms with E-state index in [1.54, 1.807) is 16.8 Å². The van der Waals surface area contributed by atoms with Gasteiger partial charge in [-0.25, -0.2) is 24.9 Å². The Balaban J connectivity index is 2.31. The van der Waals surface area contributed by atoms with Gasteiger partial charge in [0.2, 0.25) is 18.0 Å². The lowest BCUT2D eigenvalue weighted by molar-refractivity contribution is 0.902. The van der Waals surface area contributed by atoms with Crippen LogP contribution in [0.1, 0.15) is 0 Å². The highest BCUT2D eigenvalue weighted by Gasteiger charge is 2.08. The van der Waals surface area contributed by atoms with Crippen molar-refractivity contribution < 1.29 is 0 Å². The van der Waals surface area contributed by atoms with Crippen molar-refractivity contribution in [2.75, 3.05) is 0 Å². The van der Waals surface area contributed by atoms with Crippen LogP contribution in [0.2, 0.25) is 0 Å². The molecule has 0 saturated heterocycles. The Morgan fingerprint density at radius 2 is 2.13 bits per heavy atom. The summed E-state index contributed by atoms with van der Waals surface area (Å²) in [5.41, 5.74) is 0.695. The van der Waals surface area contributed by atoms with Gasteiger partial charge in [0.05, 0.1) is 0 Å². The van der Waals surface area contributed by atoms with Crippen LogP contribution in [0.25, 0.3) is 17.3 Å². The number of fused-ring (bicyclic) bond motifs is 1. The average molecular weight is 198 g/mol. The zero-order valence-corrected chi connectivity index (χ0v) is 7.44. The molecule has 0 aliphatic carbocycles. The molecule has 1 radical (unpaired) electrons. The molecule has 0 atom stereocenters. The van der Waals surface area contributed by atoms with Crippen LogP contribution >= 0.6 is 0 Å². The fourth-order valence-corrected chi connectivity index (χ4v) is 1.23. The van der Waals surface area contributed by atoms with Gasteiger partial charge in [0.15, 0.2) is 5.65 Å². The number of nitrogens with zero attached hydrogens (tertiary/aromatic N) is 7. The second-order valence-corrected chi connectivity index (χ2v) is 2.71. The van der Waals surface area contributed by atoms with Crippen LogP contribution in [-0.2, 0) is 0 Å². The molecule has 0 saturated carbocycles. The second-order valence-electron chi connectivity index (χ2n) is 2.71. The van der Waals surface area contributed by atoms with Gasteiger partial charge in [-0.15, -0.1) is 0 Å². The molecule has 0 N–H and O–H groups in total. The third-order valence-corrected chi connectivity index (χ3v) is 1.85. The summed E-state index contributed by atoms with van der Waals surface area (Å²) in [6, 6.07) is 1.75. The third kappa shape index (κ3) is 1.21. The molecule has 7 heteroatoms. The lowest BCUT2D eigenvalue weighted by Gasteiger charge is -1.98. The molecule has 0 unspecified atom stereocenters. The molecule has 0 amide bonds. The smallest absolute Gasteiger partial charge is 0.201 e. The number of hydrogen-bond donors (Lipinski definition) is 0. The number of rotatable bonds is 1. The highest BCUT2D eigenvalue weighted by molar-refractivity contribution is 5.49. The number of aromatic nitrogens is 7. The summed E-state index contributed by atoms with van der Waals surface area (Å²) in [6.07, 6.45) is 6.89. The summed E-state index contributed by atoms with van der Waals surface area (Å²) in [7, 11) is 0. The predicted molar refractivity (Wildman–Crippen MR) is 48.4 cm³/mol. The summed E-state index contributed by atoms with van der Waals surface area (Å²) >= 11 is 0. The molecule has 15 heavy (non-hydrogen) atoms. The number of hydrogen-bond acceptors (Lipinski definition) is 6. The lowest BCUT2D eigenvalue weighted by atomic mass is 10.5. The van der Waals surface area contributed by atoms with E-state index >= 15 is 0 Å². The van der Waals surface area contributed by atoms with Crippen molar-refractivity contribution in [3.05, 3.63) is 31.2 Å². The van der Waals surface area contributed by atoms with Gasteiger partial charge in [0.1, 0.15) is 12.7 Å². The fraction of sp³-hybridized carbons (Fsp3) is 0. The summed E-state index contributed by atoms with van der Waals surface area (Å²) in [5, 5.41) is 4.02. The van der Waals surface area contributed by atoms with E-state index in [0.29, 0.717) is 17.3 Å². The molecule has 3 heterocycles. The molecule has 71 valence electrons. The van der Waals surface area contributed by atoms with Crippen LogP contribution in [0.5, 0.6) is 0 Å². The summed E-state index contributed by atoms with van der Waals surface area (Å²) < 4.78 is 1.56. The largest absolute Gasteiger partial charge is 0.234 e. The van der Waals surface area contributed by atoms with E-state index in [0.717, 1.165) is 0 Å². The van der Waals surface area contributed by atoms with E-state index in [9.17, 15) is 0 Å². The Bertz CT molecular complexity index is 588. The van der Waals surface area contributed by atoms with E-state index in [1.165, 1.54) is 12.7 Å². The highest BCUT2D eigenvalue weighted by atomic mass is 15.3. The van der Waals surface area contributed by atoms with E-state index in [-0.39, 0.29) is 0 Å². The molecule has 3 aromatic rings. The van der Waals surface area contributed by atoms with Gasteiger partial charge in [-0.1, -0.05) is 0 Å². The van der Waals surface area contributed by atoms with Gasteiger partial charge < -0.3 is 0 Å². The summed E-state index contributed by atoms with van der Waals surface area (Å²) in [4.78, 5) is 19.6. The van der Waals surface area contributed by atoms with Crippen molar-refractivity contribution in [1.29, 1.82) is 0 Å². The normalized spacial score (nSPS) is 10.7. The first-order valence-corrected chi connectivity index (χ1v) is 4.15. The van der Waals surface area contributed by atoms with Crippen molar-refractivity contribution in [3.8, 4) is 11.6 Å². The predicted octanol–water partition coefficient (Wildman–Crippen LogP) is -0.224. The van der Waals surface area contributed by atoms with E-state index in [2.05, 4.69) is 36.3 Å². The lowest BCUT2D eigenvalue weighted by Crippen LogP contribution is -2.00. The standard InChI is InChI=1S/C8H4N7/c1-2-10-8(7-12-3-9-4-13-7)15-6(1)11-5-14-15/h1-3,5H. The fourth-order valence-electron chi connectivity index (χ4n) is 1.23. The van der Waals surface area contributed by atoms with Gasteiger partial charge in [0, 0.05) is 12.3 Å². The van der Waals surface area contributed by atoms with Crippen molar-refractivity contribution >= 4 is 5.65 Å². The molecule has 3 aromatic heterocycles. The Morgan fingerprint density at radius 1 is 1.13 bits per heavy atom. The van der Waals surface area contributed by atoms with Crippen molar-refractivity contribution in [2.45, 2.75) is 0 Å². The Labute approximate surface area is 83.9 Å². The molecular weight excluding hydrogens is 194 g/mol. The van der Waals surface area contributed by atoms with Crippen molar-refractivity contribution in [1.82, 2.24) is 34.5 Å². The first-order valence-electron chi connectivity index (χ1n) is 4.15. The van der Waals surface area contributed by atoms with Crippen LogP contribution < -0.4 is 0 Å². The minimum Gasteiger partial charge on any atom is -0.234 e. The topological polar surface area (TPSA) is 81.8 Å². The molecule has 0 fully saturated rings. The Kier molecular flexibility index (Phi) is 1.61. The highest BCUT2D eigenvalue weighted by Crippen LogP contribution is 2.09. The summed E-state index contributed by atoms with van der Waals surface area (Å²) in [6.45, 7) is 0. The van der Waals surface area contributed by atoms with Gasteiger partial charge in [-0.2, -0.15) is 9.61 Å². The van der Waals surface area contributed by atoms with Crippen LogP contribution in [0, 0.1) is 6.33 Å². The van der Waals surface area contributed by atoms with E-state index < -0.39 is 0 Å². The first-order chi connectivity index (χ1) is 7.45. The van der Waals surface area contributed by atoms with Gasteiger partial charge >= 0.3 is 0 Å². The average Bonchev–Trinajstić information content (AvgIpc) is 2.78. The zero-order valence-electron chi connectivity index (χ0n) is 7.44. The Morgan fingerprint density at radius 3 is 3.00 bits per heavy atom. The van der Waals surface area contributed by atoms with Crippen LogP contribution in [-0.4, -0.2) is 34.5 Å². The quantitative estimate of drug-likeness (QED) is 0.537. The maximum absolute atomic E-state index is 4.14. The minimum atomic E-state index is 0.418. The molecule has 0 aliphatic heterocycles. The van der Waals surface area contributed by atoms with Crippen LogP contribution in [0.15, 0.2) is 24.9 Å². The SMILES string of the molecule is [c]1ncnc(-c2nccc3ncnn23)n1.